The molecule has 4 rings (SSSR count). The highest BCUT2D eigenvalue weighted by Gasteiger charge is 2.34. The molecular weight excluding hydrogens is 527 g/mol. The number of fused-ring (bicyclic) bond motifs is 2. The van der Waals surface area contributed by atoms with E-state index in [1.807, 2.05) is 0 Å². The average Bonchev–Trinajstić information content (AvgIpc) is 2.92. The Morgan fingerprint density at radius 1 is 1.05 bits per heavy atom. The first-order chi connectivity index (χ1) is 18.6. The summed E-state index contributed by atoms with van der Waals surface area (Å²) in [6, 6.07) is 9.97. The average molecular weight is 562 g/mol. The highest BCUT2D eigenvalue weighted by molar-refractivity contribution is 6.31. The maximum Gasteiger partial charge on any atom is 0.416 e. The van der Waals surface area contributed by atoms with Gasteiger partial charge in [-0.3, -0.25) is 9.79 Å². The molecular formula is C30H35ClF3N3O2. The summed E-state index contributed by atoms with van der Waals surface area (Å²) >= 11 is 6.16. The first-order valence-electron chi connectivity index (χ1n) is 13.6. The van der Waals surface area contributed by atoms with Crippen molar-refractivity contribution in [3.63, 3.8) is 0 Å². The fourth-order valence-electron chi connectivity index (χ4n) is 5.29. The van der Waals surface area contributed by atoms with Gasteiger partial charge in [0.05, 0.1) is 34.3 Å². The van der Waals surface area contributed by atoms with Gasteiger partial charge in [0.25, 0.3) is 0 Å². The Hall–Kier alpha value is -2.84. The van der Waals surface area contributed by atoms with Crippen molar-refractivity contribution in [1.29, 1.82) is 0 Å². The molecule has 0 amide bonds. The lowest BCUT2D eigenvalue weighted by Gasteiger charge is -2.28. The number of hydrogen-bond acceptors (Lipinski definition) is 4. The van der Waals surface area contributed by atoms with Gasteiger partial charge in [-0.15, -0.1) is 0 Å². The van der Waals surface area contributed by atoms with E-state index in [-0.39, 0.29) is 23.2 Å². The predicted molar refractivity (Wildman–Crippen MR) is 151 cm³/mol. The van der Waals surface area contributed by atoms with Crippen molar-refractivity contribution >= 4 is 28.2 Å². The monoisotopic (exact) mass is 561 g/mol. The first kappa shape index (κ1) is 29.2. The van der Waals surface area contributed by atoms with Crippen LogP contribution in [0.4, 0.5) is 13.2 Å². The van der Waals surface area contributed by atoms with Crippen molar-refractivity contribution in [3.8, 4) is 0 Å². The molecule has 1 N–H and O–H groups in total. The summed E-state index contributed by atoms with van der Waals surface area (Å²) < 4.78 is 41.4. The van der Waals surface area contributed by atoms with Gasteiger partial charge >= 0.3 is 6.18 Å². The Balaban J connectivity index is 1.76. The Morgan fingerprint density at radius 3 is 2.44 bits per heavy atom. The maximum absolute atomic E-state index is 13.7. The molecule has 0 aliphatic heterocycles. The molecule has 1 heterocycles. The number of nitrogens with zero attached hydrogens (tertiary/aromatic N) is 3. The molecule has 2 aromatic carbocycles. The van der Waals surface area contributed by atoms with E-state index in [0.717, 1.165) is 62.2 Å². The van der Waals surface area contributed by atoms with Gasteiger partial charge < -0.3 is 10.1 Å². The summed E-state index contributed by atoms with van der Waals surface area (Å²) in [5.41, 5.74) is 1.00. The van der Waals surface area contributed by atoms with E-state index in [0.29, 0.717) is 46.0 Å². The number of aliphatic imine (C=N–C) groups is 1. The van der Waals surface area contributed by atoms with E-state index >= 15 is 0 Å². The second kappa shape index (κ2) is 12.6. The van der Waals surface area contributed by atoms with Gasteiger partial charge in [0.2, 0.25) is 0 Å². The topological polar surface area (TPSA) is 57.8 Å². The predicted octanol–water partition coefficient (Wildman–Crippen LogP) is 7.33. The van der Waals surface area contributed by atoms with Crippen LogP contribution < -0.4 is 5.43 Å². The van der Waals surface area contributed by atoms with Crippen molar-refractivity contribution in [2.45, 2.75) is 64.5 Å². The molecule has 1 atom stereocenters. The van der Waals surface area contributed by atoms with E-state index < -0.39 is 11.7 Å². The van der Waals surface area contributed by atoms with Crippen LogP contribution >= 0.6 is 11.6 Å². The van der Waals surface area contributed by atoms with E-state index in [1.165, 1.54) is 12.1 Å². The molecule has 1 aromatic heterocycles. The number of rotatable bonds is 10. The quantitative estimate of drug-likeness (QED) is 0.264. The zero-order chi connectivity index (χ0) is 28.2. The molecule has 1 aliphatic carbocycles. The van der Waals surface area contributed by atoms with Crippen molar-refractivity contribution in [2.24, 2.45) is 4.99 Å². The van der Waals surface area contributed by atoms with Crippen molar-refractivity contribution in [2.75, 3.05) is 26.2 Å². The molecule has 5 nitrogen and oxygen atoms in total. The molecule has 1 aliphatic rings. The highest BCUT2D eigenvalue weighted by atomic mass is 35.5. The van der Waals surface area contributed by atoms with Gasteiger partial charge in [0, 0.05) is 17.3 Å². The van der Waals surface area contributed by atoms with Crippen LogP contribution in [0.1, 0.15) is 74.3 Å². The van der Waals surface area contributed by atoms with Crippen LogP contribution in [0.2, 0.25) is 5.02 Å². The molecule has 0 saturated carbocycles. The fourth-order valence-corrected chi connectivity index (χ4v) is 5.46. The number of unbranched alkanes of at least 4 members (excludes halogenated alkanes) is 2. The van der Waals surface area contributed by atoms with E-state index in [4.69, 9.17) is 16.6 Å². The van der Waals surface area contributed by atoms with E-state index in [9.17, 15) is 23.2 Å². The minimum Gasteiger partial charge on any atom is -0.428 e. The lowest BCUT2D eigenvalue weighted by molar-refractivity contribution is -0.137. The van der Waals surface area contributed by atoms with Crippen molar-refractivity contribution in [3.05, 3.63) is 80.1 Å². The van der Waals surface area contributed by atoms with Crippen LogP contribution in [0.5, 0.6) is 0 Å². The summed E-state index contributed by atoms with van der Waals surface area (Å²) in [6.07, 6.45) is 0.405. The third kappa shape index (κ3) is 6.67. The number of halogens is 4. The smallest absolute Gasteiger partial charge is 0.416 e. The minimum absolute atomic E-state index is 0.207. The van der Waals surface area contributed by atoms with Crippen LogP contribution in [0.15, 0.2) is 52.3 Å². The van der Waals surface area contributed by atoms with Gasteiger partial charge in [0.15, 0.2) is 5.43 Å². The lowest BCUT2D eigenvalue weighted by atomic mass is 9.80. The summed E-state index contributed by atoms with van der Waals surface area (Å²) in [5, 5.41) is 11.8. The highest BCUT2D eigenvalue weighted by Crippen LogP contribution is 2.36. The molecule has 210 valence electrons. The molecule has 0 spiro atoms. The normalized spacial score (nSPS) is 16.8. The number of hydrogen-bond donors (Lipinski definition) is 1. The van der Waals surface area contributed by atoms with Crippen LogP contribution in [0.3, 0.4) is 0 Å². The van der Waals surface area contributed by atoms with Crippen LogP contribution in [0.25, 0.3) is 10.9 Å². The Kier molecular flexibility index (Phi) is 9.39. The van der Waals surface area contributed by atoms with Gasteiger partial charge in [-0.2, -0.15) is 17.9 Å². The van der Waals surface area contributed by atoms with Gasteiger partial charge in [-0.05, 0) is 74.5 Å². The lowest BCUT2D eigenvalue weighted by Crippen LogP contribution is -2.32. The molecule has 39 heavy (non-hydrogen) atoms. The summed E-state index contributed by atoms with van der Waals surface area (Å²) in [4.78, 5) is 20.9. The largest absolute Gasteiger partial charge is 0.428 e. The second-order valence-corrected chi connectivity index (χ2v) is 10.7. The van der Waals surface area contributed by atoms with E-state index in [1.54, 1.807) is 18.2 Å². The molecule has 1 unspecified atom stereocenters. The fraction of sp³-hybridized carbons (Fsp3) is 0.467. The summed E-state index contributed by atoms with van der Waals surface area (Å²) in [7, 11) is 0. The SMILES string of the molecule is CCCCN(CCCC)CCN=C1CC(c2cccc(C(F)(F)F)c2)Cc2c1c(=O)c1cc(Cl)ccc1n2O. The standard InChI is InChI=1S/C30H35ClF3N3O2/c1-3-5-13-36(14-6-4-2)15-12-35-25-17-21(20-8-7-9-22(16-20)30(32,33)34)18-27-28(25)29(38)24-19-23(31)10-11-26(24)37(27)39/h7-11,16,19,21,39H,3-6,12-15,17-18H2,1-2H3. The summed E-state index contributed by atoms with van der Waals surface area (Å²) in [5.74, 6) is -0.377. The van der Waals surface area contributed by atoms with Crippen molar-refractivity contribution < 1.29 is 18.4 Å². The number of pyridine rings is 1. The second-order valence-electron chi connectivity index (χ2n) is 10.2. The van der Waals surface area contributed by atoms with Gasteiger partial charge in [-0.1, -0.05) is 56.5 Å². The Bertz CT molecular complexity index is 1390. The zero-order valence-corrected chi connectivity index (χ0v) is 23.2. The number of aromatic nitrogens is 1. The third-order valence-corrected chi connectivity index (χ3v) is 7.67. The number of alkyl halides is 3. The molecule has 0 fully saturated rings. The van der Waals surface area contributed by atoms with Crippen molar-refractivity contribution in [1.82, 2.24) is 9.63 Å². The molecule has 9 heteroatoms. The minimum atomic E-state index is -4.46. The molecule has 0 saturated heterocycles. The summed E-state index contributed by atoms with van der Waals surface area (Å²) in [6.45, 7) is 7.42. The zero-order valence-electron chi connectivity index (χ0n) is 22.4. The van der Waals surface area contributed by atoms with E-state index in [2.05, 4.69) is 18.7 Å². The number of benzene rings is 2. The molecule has 0 radical (unpaired) electrons. The van der Waals surface area contributed by atoms with Gasteiger partial charge in [0.1, 0.15) is 0 Å². The Morgan fingerprint density at radius 2 is 1.77 bits per heavy atom. The molecule has 3 aromatic rings. The molecule has 0 bridgehead atoms. The van der Waals surface area contributed by atoms with Crippen LogP contribution in [-0.2, 0) is 12.6 Å². The Labute approximate surface area is 231 Å². The first-order valence-corrected chi connectivity index (χ1v) is 14.0. The van der Waals surface area contributed by atoms with Gasteiger partial charge in [-0.25, -0.2) is 0 Å². The third-order valence-electron chi connectivity index (χ3n) is 7.43. The van der Waals surface area contributed by atoms with Crippen LogP contribution in [0, 0.1) is 0 Å². The maximum atomic E-state index is 13.7. The van der Waals surface area contributed by atoms with Crippen LogP contribution in [-0.4, -0.2) is 46.7 Å².